The second-order valence-electron chi connectivity index (χ2n) is 17.8. The van der Waals surface area contributed by atoms with Crippen molar-refractivity contribution < 1.29 is 33.8 Å². The summed E-state index contributed by atoms with van der Waals surface area (Å²) in [5, 5.41) is 32.0. The molecule has 64 heavy (non-hydrogen) atoms. The summed E-state index contributed by atoms with van der Waals surface area (Å²) in [6, 6.07) is 20.4. The number of anilines is 1. The number of halogens is 1. The minimum Gasteiger partial charge on any atom is -0.489 e. The summed E-state index contributed by atoms with van der Waals surface area (Å²) in [4.78, 5) is 59.2. The lowest BCUT2D eigenvalue weighted by Crippen LogP contribution is -2.74. The number of nitrogens with one attached hydrogen (secondary N) is 4. The number of unbranched alkanes of at least 4 members (excludes halogenated alkanes) is 2. The molecule has 1 saturated carbocycles. The maximum absolute atomic E-state index is 13.3. The number of hydrogen-bond acceptors (Lipinski definition) is 11. The summed E-state index contributed by atoms with van der Waals surface area (Å²) in [5.41, 5.74) is 5.81. The smallest absolute Gasteiger partial charge is 0.251 e. The number of rotatable bonds is 19. The van der Waals surface area contributed by atoms with E-state index in [4.69, 9.17) is 21.1 Å². The number of benzene rings is 3. The van der Waals surface area contributed by atoms with E-state index >= 15 is 0 Å². The molecule has 0 unspecified atom stereocenters. The number of ether oxygens (including phenoxy) is 2. The Morgan fingerprint density at radius 1 is 1.02 bits per heavy atom. The molecule has 1 aliphatic carbocycles. The van der Waals surface area contributed by atoms with Crippen LogP contribution >= 0.6 is 22.9 Å². The second kappa shape index (κ2) is 21.0. The molecule has 1 aliphatic heterocycles. The van der Waals surface area contributed by atoms with Crippen molar-refractivity contribution in [3.63, 3.8) is 0 Å². The van der Waals surface area contributed by atoms with Crippen molar-refractivity contribution in [2.45, 2.75) is 104 Å². The van der Waals surface area contributed by atoms with Gasteiger partial charge in [0.2, 0.25) is 17.7 Å². The molecule has 1 saturated heterocycles. The monoisotopic (exact) mass is 911 g/mol. The Morgan fingerprint density at radius 3 is 2.39 bits per heavy atom. The number of likely N-dealkylation sites (tertiary alicyclic amines) is 1. The third kappa shape index (κ3) is 11.4. The van der Waals surface area contributed by atoms with Gasteiger partial charge in [-0.05, 0) is 80.6 Å². The zero-order valence-electron chi connectivity index (χ0n) is 37.2. The Labute approximate surface area is 384 Å². The van der Waals surface area contributed by atoms with Gasteiger partial charge in [-0.25, -0.2) is 4.98 Å². The standard InChI is InChI=1S/C48H58ClN7O7S/c1-29-41(64-28-53-29)32-12-10-31(11-13-32)25-52-43(60)39-22-36(57)26-56(39)44(61)30(2)54-40(58)27-62-21-9-7-8-20-51-35-17-14-33(15-18-35)42(59)55-45-47(3,4)46(48(45,5)6)63-37-19-16-34(24-50)38(49)23-37/h10-19,23,28,30,36,39,45-46,51,57H,7-9,20-22,25-27H2,1-6H3,(H,52,60)(H,54,58)(H,55,59)/t30-,36+,39-,45?,46?/m0/s1. The van der Waals surface area contributed by atoms with Crippen molar-refractivity contribution in [1.29, 1.82) is 5.26 Å². The van der Waals surface area contributed by atoms with Crippen LogP contribution < -0.4 is 26.0 Å². The van der Waals surface area contributed by atoms with Crippen LogP contribution in [0.3, 0.4) is 0 Å². The molecule has 4 aromatic rings. The molecule has 5 N–H and O–H groups in total. The number of nitriles is 1. The lowest BCUT2D eigenvalue weighted by atomic mass is 9.49. The van der Waals surface area contributed by atoms with Crippen LogP contribution in [0.5, 0.6) is 5.75 Å². The first kappa shape index (κ1) is 47.9. The van der Waals surface area contributed by atoms with E-state index in [0.717, 1.165) is 46.6 Å². The van der Waals surface area contributed by atoms with E-state index < -0.39 is 30.0 Å². The fourth-order valence-electron chi connectivity index (χ4n) is 9.01. The van der Waals surface area contributed by atoms with E-state index in [1.54, 1.807) is 48.6 Å². The van der Waals surface area contributed by atoms with Crippen molar-refractivity contribution in [2.24, 2.45) is 10.8 Å². The van der Waals surface area contributed by atoms with Gasteiger partial charge in [0.1, 0.15) is 36.6 Å². The average Bonchev–Trinajstić information content (AvgIpc) is 3.89. The van der Waals surface area contributed by atoms with Crippen LogP contribution in [0.25, 0.3) is 10.4 Å². The van der Waals surface area contributed by atoms with E-state index in [-0.39, 0.29) is 60.9 Å². The maximum atomic E-state index is 13.3. The van der Waals surface area contributed by atoms with Gasteiger partial charge >= 0.3 is 0 Å². The Bertz CT molecular complexity index is 2310. The molecule has 0 bridgehead atoms. The van der Waals surface area contributed by atoms with Crippen LogP contribution in [0.1, 0.15) is 87.5 Å². The predicted molar refractivity (Wildman–Crippen MR) is 247 cm³/mol. The Balaban J connectivity index is 0.838. The summed E-state index contributed by atoms with van der Waals surface area (Å²) in [6.45, 7) is 12.9. The second-order valence-corrected chi connectivity index (χ2v) is 19.0. The normalized spacial score (nSPS) is 20.0. The first-order chi connectivity index (χ1) is 30.5. The highest BCUT2D eigenvalue weighted by Gasteiger charge is 2.64. The SMILES string of the molecule is Cc1ncsc1-c1ccc(CNC(=O)[C@@H]2C[C@@H](O)CN2C(=O)[C@H](C)NC(=O)COCCCCCNc2ccc(C(=O)NC3C(C)(C)C(Oc4ccc(C#N)c(Cl)c4)C3(C)C)cc2)cc1. The highest BCUT2D eigenvalue weighted by Crippen LogP contribution is 2.55. The molecular formula is C48H58ClN7O7S. The van der Waals surface area contributed by atoms with Gasteiger partial charge < -0.3 is 40.7 Å². The third-order valence-corrected chi connectivity index (χ3v) is 13.4. The summed E-state index contributed by atoms with van der Waals surface area (Å²) in [6.07, 6.45) is 1.53. The van der Waals surface area contributed by atoms with Crippen LogP contribution in [0.4, 0.5) is 5.69 Å². The molecule has 14 nitrogen and oxygen atoms in total. The predicted octanol–water partition coefficient (Wildman–Crippen LogP) is 6.64. The highest BCUT2D eigenvalue weighted by atomic mass is 35.5. The fourth-order valence-corrected chi connectivity index (χ4v) is 10.0. The number of thiazole rings is 1. The van der Waals surface area contributed by atoms with Crippen LogP contribution in [0.15, 0.2) is 72.2 Å². The number of aryl methyl sites for hydroxylation is 1. The molecule has 6 rings (SSSR count). The van der Waals surface area contributed by atoms with Crippen LogP contribution in [0, 0.1) is 29.1 Å². The van der Waals surface area contributed by atoms with E-state index in [0.29, 0.717) is 35.1 Å². The van der Waals surface area contributed by atoms with Crippen molar-refractivity contribution >= 4 is 52.3 Å². The Kier molecular flexibility index (Phi) is 15.7. The summed E-state index contributed by atoms with van der Waals surface area (Å²) in [7, 11) is 0. The van der Waals surface area contributed by atoms with Crippen molar-refractivity contribution in [3.05, 3.63) is 99.6 Å². The van der Waals surface area contributed by atoms with Crippen molar-refractivity contribution in [2.75, 3.05) is 31.6 Å². The van der Waals surface area contributed by atoms with E-state index in [2.05, 4.69) is 60.0 Å². The maximum Gasteiger partial charge on any atom is 0.251 e. The average molecular weight is 913 g/mol. The van der Waals surface area contributed by atoms with E-state index in [1.807, 2.05) is 48.8 Å². The molecule has 0 spiro atoms. The van der Waals surface area contributed by atoms with E-state index in [9.17, 15) is 29.5 Å². The molecule has 0 radical (unpaired) electrons. The molecule has 1 aromatic heterocycles. The molecular weight excluding hydrogens is 854 g/mol. The first-order valence-corrected chi connectivity index (χ1v) is 22.9. The summed E-state index contributed by atoms with van der Waals surface area (Å²) >= 11 is 7.80. The van der Waals surface area contributed by atoms with Crippen LogP contribution in [0.2, 0.25) is 5.02 Å². The molecule has 340 valence electrons. The number of carbonyl (C=O) groups excluding carboxylic acids is 4. The summed E-state index contributed by atoms with van der Waals surface area (Å²) < 4.78 is 11.9. The molecule has 3 atom stereocenters. The van der Waals surface area contributed by atoms with Gasteiger partial charge in [0.05, 0.1) is 32.8 Å². The molecule has 2 fully saturated rings. The van der Waals surface area contributed by atoms with Gasteiger partial charge in [0.25, 0.3) is 5.91 Å². The zero-order valence-corrected chi connectivity index (χ0v) is 38.8. The van der Waals surface area contributed by atoms with Gasteiger partial charge in [-0.3, -0.25) is 19.2 Å². The van der Waals surface area contributed by atoms with Crippen molar-refractivity contribution in [1.82, 2.24) is 25.8 Å². The lowest BCUT2D eigenvalue weighted by molar-refractivity contribution is -0.164. The van der Waals surface area contributed by atoms with Gasteiger partial charge in [-0.2, -0.15) is 5.26 Å². The first-order valence-electron chi connectivity index (χ1n) is 21.6. The lowest BCUT2D eigenvalue weighted by Gasteiger charge is -2.63. The minimum absolute atomic E-state index is 0.00376. The fraction of sp³-hybridized carbons (Fsp3) is 0.458. The van der Waals surface area contributed by atoms with Crippen molar-refractivity contribution in [3.8, 4) is 22.3 Å². The van der Waals surface area contributed by atoms with Gasteiger partial charge in [-0.1, -0.05) is 63.6 Å². The Hall–Kier alpha value is -5.53. The zero-order chi connectivity index (χ0) is 46.2. The molecule has 2 heterocycles. The largest absolute Gasteiger partial charge is 0.489 e. The van der Waals surface area contributed by atoms with E-state index in [1.165, 1.54) is 4.90 Å². The summed E-state index contributed by atoms with van der Waals surface area (Å²) in [5.74, 6) is -0.841. The number of carbonyl (C=O) groups is 4. The minimum atomic E-state index is -0.911. The number of aliphatic hydroxyl groups is 1. The number of hydrogen-bond donors (Lipinski definition) is 5. The topological polar surface area (TPSA) is 195 Å². The molecule has 4 amide bonds. The molecule has 3 aromatic carbocycles. The number of nitrogens with zero attached hydrogens (tertiary/aromatic N) is 3. The van der Waals surface area contributed by atoms with Crippen LogP contribution in [-0.4, -0.2) is 95.3 Å². The number of amides is 4. The molecule has 2 aliphatic rings. The Morgan fingerprint density at radius 2 is 1.73 bits per heavy atom. The number of aromatic nitrogens is 1. The number of β-amino-alcohol motifs (C(OH)–C–C–N with tert-alkyl or cyclic N) is 1. The van der Waals surface area contributed by atoms with Gasteiger partial charge in [0.15, 0.2) is 0 Å². The van der Waals surface area contributed by atoms with Crippen LogP contribution in [-0.2, 0) is 25.7 Å². The quantitative estimate of drug-likeness (QED) is 0.0637. The van der Waals surface area contributed by atoms with Gasteiger partial charge in [-0.15, -0.1) is 11.3 Å². The van der Waals surface area contributed by atoms with Gasteiger partial charge in [0, 0.05) is 66.9 Å². The molecule has 16 heteroatoms. The highest BCUT2D eigenvalue weighted by molar-refractivity contribution is 7.13. The number of aliphatic hydroxyl groups excluding tert-OH is 1. The third-order valence-electron chi connectivity index (χ3n) is 12.1.